The zero-order valence-electron chi connectivity index (χ0n) is 10.7. The number of nitrogens with zero attached hydrogens (tertiary/aromatic N) is 1. The van der Waals surface area contributed by atoms with Crippen molar-refractivity contribution in [3.05, 3.63) is 75.0 Å². The predicted octanol–water partition coefficient (Wildman–Crippen LogP) is 5.74. The van der Waals surface area contributed by atoms with E-state index in [2.05, 4.69) is 62.7 Å². The quantitative estimate of drug-likeness (QED) is 0.591. The minimum absolute atomic E-state index is 1.02. The van der Waals surface area contributed by atoms with E-state index in [4.69, 9.17) is 0 Å². The lowest BCUT2D eigenvalue weighted by atomic mass is 10.2. The number of hydrogen-bond donors (Lipinski definition) is 0. The molecule has 0 aliphatic carbocycles. The molecule has 0 radical (unpaired) electrons. The first-order chi connectivity index (χ1) is 9.81. The van der Waals surface area contributed by atoms with Gasteiger partial charge in [0.05, 0.1) is 5.69 Å². The largest absolute Gasteiger partial charge is 0.237 e. The molecule has 0 aliphatic rings. The maximum absolute atomic E-state index is 4.64. The Balaban J connectivity index is 1.80. The summed E-state index contributed by atoms with van der Waals surface area (Å²) in [4.78, 5) is 4.64. The summed E-state index contributed by atoms with van der Waals surface area (Å²) in [6.07, 6.45) is 4.15. The van der Waals surface area contributed by atoms with Crippen LogP contribution < -0.4 is 0 Å². The fourth-order valence-corrected chi connectivity index (χ4v) is 2.83. The summed E-state index contributed by atoms with van der Waals surface area (Å²) in [5, 5.41) is 3.11. The molecule has 1 aromatic heterocycles. The summed E-state index contributed by atoms with van der Waals surface area (Å²) < 4.78 is 1.08. The molecule has 1 heterocycles. The monoisotopic (exact) mass is 341 g/mol. The van der Waals surface area contributed by atoms with Gasteiger partial charge in [0.2, 0.25) is 0 Å². The molecule has 0 amide bonds. The molecule has 3 rings (SSSR count). The molecule has 98 valence electrons. The Labute approximate surface area is 130 Å². The van der Waals surface area contributed by atoms with Crippen molar-refractivity contribution >= 4 is 39.4 Å². The molecule has 0 atom stereocenters. The molecule has 0 spiro atoms. The molecule has 3 heteroatoms. The zero-order chi connectivity index (χ0) is 13.8. The highest BCUT2D eigenvalue weighted by Crippen LogP contribution is 2.24. The number of benzene rings is 2. The topological polar surface area (TPSA) is 12.9 Å². The number of aromatic nitrogens is 1. The highest BCUT2D eigenvalue weighted by atomic mass is 79.9. The van der Waals surface area contributed by atoms with Gasteiger partial charge in [0.25, 0.3) is 0 Å². The Morgan fingerprint density at radius 2 is 1.65 bits per heavy atom. The SMILES string of the molecule is Brc1ccc(-c2csc(/C=C/c3ccccc3)n2)cc1. The molecule has 0 unspecified atom stereocenters. The average molecular weight is 342 g/mol. The van der Waals surface area contributed by atoms with Crippen molar-refractivity contribution in [3.63, 3.8) is 0 Å². The van der Waals surface area contributed by atoms with Gasteiger partial charge in [-0.15, -0.1) is 11.3 Å². The molecule has 0 aliphatic heterocycles. The second-order valence-electron chi connectivity index (χ2n) is 4.32. The third-order valence-electron chi connectivity index (χ3n) is 2.88. The molecule has 0 saturated heterocycles. The highest BCUT2D eigenvalue weighted by Gasteiger charge is 2.02. The van der Waals surface area contributed by atoms with E-state index in [0.29, 0.717) is 0 Å². The van der Waals surface area contributed by atoms with Gasteiger partial charge >= 0.3 is 0 Å². The van der Waals surface area contributed by atoms with Crippen LogP contribution in [0.25, 0.3) is 23.4 Å². The van der Waals surface area contributed by atoms with E-state index in [1.807, 2.05) is 30.3 Å². The molecule has 3 aromatic rings. The van der Waals surface area contributed by atoms with E-state index in [-0.39, 0.29) is 0 Å². The van der Waals surface area contributed by atoms with Gasteiger partial charge in [0, 0.05) is 15.4 Å². The van der Waals surface area contributed by atoms with E-state index >= 15 is 0 Å². The molecule has 2 aromatic carbocycles. The van der Waals surface area contributed by atoms with E-state index in [9.17, 15) is 0 Å². The highest BCUT2D eigenvalue weighted by molar-refractivity contribution is 9.10. The van der Waals surface area contributed by atoms with Gasteiger partial charge < -0.3 is 0 Å². The lowest BCUT2D eigenvalue weighted by Gasteiger charge is -1.95. The van der Waals surface area contributed by atoms with E-state index < -0.39 is 0 Å². The summed E-state index contributed by atoms with van der Waals surface area (Å²) in [6, 6.07) is 18.5. The molecule has 0 fully saturated rings. The van der Waals surface area contributed by atoms with Crippen LogP contribution in [-0.4, -0.2) is 4.98 Å². The van der Waals surface area contributed by atoms with Crippen LogP contribution in [0.15, 0.2) is 64.5 Å². The van der Waals surface area contributed by atoms with Crippen LogP contribution in [0.5, 0.6) is 0 Å². The average Bonchev–Trinajstić information content (AvgIpc) is 2.96. The third kappa shape index (κ3) is 3.24. The van der Waals surface area contributed by atoms with E-state index in [1.54, 1.807) is 11.3 Å². The summed E-state index contributed by atoms with van der Waals surface area (Å²) in [6.45, 7) is 0. The van der Waals surface area contributed by atoms with Gasteiger partial charge in [0.15, 0.2) is 0 Å². The van der Waals surface area contributed by atoms with Crippen molar-refractivity contribution in [2.24, 2.45) is 0 Å². The minimum Gasteiger partial charge on any atom is -0.237 e. The van der Waals surface area contributed by atoms with Gasteiger partial charge in [-0.25, -0.2) is 4.98 Å². The summed E-state index contributed by atoms with van der Waals surface area (Å²) in [5.74, 6) is 0. The molecule has 0 bridgehead atoms. The summed E-state index contributed by atoms with van der Waals surface area (Å²) in [7, 11) is 0. The van der Waals surface area contributed by atoms with Gasteiger partial charge in [0.1, 0.15) is 5.01 Å². The van der Waals surface area contributed by atoms with Crippen molar-refractivity contribution in [1.29, 1.82) is 0 Å². The first-order valence-electron chi connectivity index (χ1n) is 6.26. The molecule has 20 heavy (non-hydrogen) atoms. The Bertz CT molecular complexity index is 714. The minimum atomic E-state index is 1.02. The van der Waals surface area contributed by atoms with E-state index in [1.165, 1.54) is 5.56 Å². The van der Waals surface area contributed by atoms with Crippen molar-refractivity contribution in [1.82, 2.24) is 4.98 Å². The van der Waals surface area contributed by atoms with E-state index in [0.717, 1.165) is 20.7 Å². The van der Waals surface area contributed by atoms with Crippen molar-refractivity contribution in [2.75, 3.05) is 0 Å². The standard InChI is InChI=1S/C17H12BrNS/c18-15-9-7-14(8-10-15)16-12-20-17(19-16)11-6-13-4-2-1-3-5-13/h1-12H/b11-6+. The number of thiazole rings is 1. The zero-order valence-corrected chi connectivity index (χ0v) is 13.1. The smallest absolute Gasteiger partial charge is 0.116 e. The fraction of sp³-hybridized carbons (Fsp3) is 0. The van der Waals surface area contributed by atoms with Crippen LogP contribution in [0.4, 0.5) is 0 Å². The van der Waals surface area contributed by atoms with Gasteiger partial charge in [-0.1, -0.05) is 64.5 Å². The maximum atomic E-state index is 4.64. The van der Waals surface area contributed by atoms with Crippen LogP contribution in [0.3, 0.4) is 0 Å². The first kappa shape index (κ1) is 13.3. The van der Waals surface area contributed by atoms with Crippen LogP contribution in [0.1, 0.15) is 10.6 Å². The third-order valence-corrected chi connectivity index (χ3v) is 4.22. The normalized spacial score (nSPS) is 11.1. The Hall–Kier alpha value is -1.71. The summed E-state index contributed by atoms with van der Waals surface area (Å²) >= 11 is 5.10. The lowest BCUT2D eigenvalue weighted by Crippen LogP contribution is -1.77. The second kappa shape index (κ2) is 6.16. The van der Waals surface area contributed by atoms with Crippen LogP contribution in [-0.2, 0) is 0 Å². The van der Waals surface area contributed by atoms with Gasteiger partial charge in [-0.05, 0) is 23.8 Å². The van der Waals surface area contributed by atoms with Crippen molar-refractivity contribution < 1.29 is 0 Å². The first-order valence-corrected chi connectivity index (χ1v) is 7.93. The predicted molar refractivity (Wildman–Crippen MR) is 90.6 cm³/mol. The maximum Gasteiger partial charge on any atom is 0.116 e. The molecule has 0 saturated carbocycles. The number of hydrogen-bond acceptors (Lipinski definition) is 2. The molecular formula is C17H12BrNS. The van der Waals surface area contributed by atoms with Crippen LogP contribution in [0.2, 0.25) is 0 Å². The lowest BCUT2D eigenvalue weighted by molar-refractivity contribution is 1.38. The van der Waals surface area contributed by atoms with Gasteiger partial charge in [-0.2, -0.15) is 0 Å². The Kier molecular flexibility index (Phi) is 4.09. The molecular weight excluding hydrogens is 330 g/mol. The second-order valence-corrected chi connectivity index (χ2v) is 6.13. The van der Waals surface area contributed by atoms with Crippen LogP contribution in [0, 0.1) is 0 Å². The summed E-state index contributed by atoms with van der Waals surface area (Å²) in [5.41, 5.74) is 3.35. The van der Waals surface area contributed by atoms with Gasteiger partial charge in [-0.3, -0.25) is 0 Å². The Morgan fingerprint density at radius 3 is 2.40 bits per heavy atom. The number of halogens is 1. The van der Waals surface area contributed by atoms with Crippen LogP contribution >= 0.6 is 27.3 Å². The fourth-order valence-electron chi connectivity index (χ4n) is 1.85. The molecule has 0 N–H and O–H groups in total. The molecule has 1 nitrogen and oxygen atoms in total. The Morgan fingerprint density at radius 1 is 0.900 bits per heavy atom. The number of rotatable bonds is 3. The van der Waals surface area contributed by atoms with Crippen molar-refractivity contribution in [2.45, 2.75) is 0 Å². The van der Waals surface area contributed by atoms with Crippen molar-refractivity contribution in [3.8, 4) is 11.3 Å².